The maximum atomic E-state index is 13.4. The Morgan fingerprint density at radius 1 is 1.33 bits per heavy atom. The van der Waals surface area contributed by atoms with Crippen molar-refractivity contribution in [3.8, 4) is 0 Å². The largest absolute Gasteiger partial charge is 0.354 e. The Hall–Kier alpha value is -1.91. The molecule has 4 nitrogen and oxygen atoms in total. The van der Waals surface area contributed by atoms with Crippen molar-refractivity contribution in [3.63, 3.8) is 0 Å². The van der Waals surface area contributed by atoms with Crippen LogP contribution in [-0.2, 0) is 16.0 Å². The molecule has 0 aliphatic rings. The molecule has 0 saturated carbocycles. The molecule has 1 aromatic rings. The van der Waals surface area contributed by atoms with Crippen LogP contribution >= 0.6 is 0 Å². The fourth-order valence-electron chi connectivity index (χ4n) is 2.10. The minimum atomic E-state index is -0.377. The van der Waals surface area contributed by atoms with E-state index in [1.54, 1.807) is 23.1 Å². The quantitative estimate of drug-likeness (QED) is 0.837. The van der Waals surface area contributed by atoms with Gasteiger partial charge in [-0.3, -0.25) is 9.59 Å². The van der Waals surface area contributed by atoms with Gasteiger partial charge in [0.1, 0.15) is 5.82 Å². The molecular formula is C16H23FN2O2. The summed E-state index contributed by atoms with van der Waals surface area (Å²) in [6, 6.07) is 6.37. The van der Waals surface area contributed by atoms with Gasteiger partial charge in [0.25, 0.3) is 0 Å². The number of carbonyl (C=O) groups excluding carboxylic acids is 2. The van der Waals surface area contributed by atoms with Gasteiger partial charge < -0.3 is 10.2 Å². The predicted octanol–water partition coefficient (Wildman–Crippen LogP) is 2.13. The van der Waals surface area contributed by atoms with E-state index in [0.717, 1.165) is 6.42 Å². The second kappa shape index (κ2) is 8.39. The first-order valence-electron chi connectivity index (χ1n) is 7.23. The van der Waals surface area contributed by atoms with E-state index in [1.165, 1.54) is 13.0 Å². The van der Waals surface area contributed by atoms with Crippen LogP contribution in [0.5, 0.6) is 0 Å². The number of halogens is 1. The number of benzene rings is 1. The summed E-state index contributed by atoms with van der Waals surface area (Å²) in [7, 11) is 0. The van der Waals surface area contributed by atoms with Crippen LogP contribution in [-0.4, -0.2) is 35.8 Å². The molecule has 1 N–H and O–H groups in total. The third-order valence-corrected chi connectivity index (χ3v) is 3.51. The van der Waals surface area contributed by atoms with Crippen molar-refractivity contribution in [1.29, 1.82) is 0 Å². The predicted molar refractivity (Wildman–Crippen MR) is 80.3 cm³/mol. The standard InChI is InChI=1S/C16H23FN2O2/c1-4-12(2)19(13(3)20)10-9-18-16(21)11-14-7-5-6-8-15(14)17/h5-8,12H,4,9-11H2,1-3H3,(H,18,21). The summed E-state index contributed by atoms with van der Waals surface area (Å²) in [6.45, 7) is 6.35. The molecule has 0 heterocycles. The van der Waals surface area contributed by atoms with Gasteiger partial charge in [-0.1, -0.05) is 25.1 Å². The van der Waals surface area contributed by atoms with Crippen molar-refractivity contribution in [3.05, 3.63) is 35.6 Å². The maximum Gasteiger partial charge on any atom is 0.224 e. The van der Waals surface area contributed by atoms with Crippen molar-refractivity contribution in [2.45, 2.75) is 39.7 Å². The van der Waals surface area contributed by atoms with Crippen molar-refractivity contribution in [2.24, 2.45) is 0 Å². The van der Waals surface area contributed by atoms with Crippen LogP contribution in [0.4, 0.5) is 4.39 Å². The molecule has 1 unspecified atom stereocenters. The van der Waals surface area contributed by atoms with Gasteiger partial charge in [-0.2, -0.15) is 0 Å². The highest BCUT2D eigenvalue weighted by molar-refractivity contribution is 5.78. The smallest absolute Gasteiger partial charge is 0.224 e. The van der Waals surface area contributed by atoms with E-state index in [2.05, 4.69) is 5.32 Å². The summed E-state index contributed by atoms with van der Waals surface area (Å²) in [4.78, 5) is 25.0. The van der Waals surface area contributed by atoms with Crippen molar-refractivity contribution >= 4 is 11.8 Å². The van der Waals surface area contributed by atoms with Gasteiger partial charge in [-0.05, 0) is 25.0 Å². The van der Waals surface area contributed by atoms with Crippen LogP contribution in [0.25, 0.3) is 0 Å². The van der Waals surface area contributed by atoms with Crippen LogP contribution < -0.4 is 5.32 Å². The number of hydrogen-bond acceptors (Lipinski definition) is 2. The molecule has 21 heavy (non-hydrogen) atoms. The van der Waals surface area contributed by atoms with E-state index in [-0.39, 0.29) is 30.1 Å². The molecule has 1 aromatic carbocycles. The molecule has 0 aromatic heterocycles. The average Bonchev–Trinajstić information content (AvgIpc) is 2.45. The summed E-state index contributed by atoms with van der Waals surface area (Å²) in [5.41, 5.74) is 0.375. The molecular weight excluding hydrogens is 271 g/mol. The fourth-order valence-corrected chi connectivity index (χ4v) is 2.10. The van der Waals surface area contributed by atoms with E-state index in [1.807, 2.05) is 13.8 Å². The minimum absolute atomic E-state index is 0.00676. The zero-order valence-corrected chi connectivity index (χ0v) is 12.9. The third-order valence-electron chi connectivity index (χ3n) is 3.51. The third kappa shape index (κ3) is 5.53. The molecule has 0 aliphatic carbocycles. The number of carbonyl (C=O) groups is 2. The molecule has 0 spiro atoms. The second-order valence-electron chi connectivity index (χ2n) is 5.09. The number of hydrogen-bond donors (Lipinski definition) is 1. The molecule has 0 aliphatic heterocycles. The van der Waals surface area contributed by atoms with Gasteiger partial charge in [0.05, 0.1) is 6.42 Å². The lowest BCUT2D eigenvalue weighted by Gasteiger charge is -2.27. The summed E-state index contributed by atoms with van der Waals surface area (Å²) in [5, 5.41) is 2.72. The minimum Gasteiger partial charge on any atom is -0.354 e. The fraction of sp³-hybridized carbons (Fsp3) is 0.500. The zero-order valence-electron chi connectivity index (χ0n) is 12.9. The number of nitrogens with one attached hydrogen (secondary N) is 1. The first-order valence-corrected chi connectivity index (χ1v) is 7.23. The number of nitrogens with zero attached hydrogens (tertiary/aromatic N) is 1. The second-order valence-corrected chi connectivity index (χ2v) is 5.09. The highest BCUT2D eigenvalue weighted by Crippen LogP contribution is 2.07. The first-order chi connectivity index (χ1) is 9.95. The lowest BCUT2D eigenvalue weighted by molar-refractivity contribution is -0.131. The normalized spacial score (nSPS) is 11.8. The Balaban J connectivity index is 2.43. The van der Waals surface area contributed by atoms with Crippen molar-refractivity contribution in [2.75, 3.05) is 13.1 Å². The highest BCUT2D eigenvalue weighted by atomic mass is 19.1. The Bertz CT molecular complexity index is 491. The molecule has 116 valence electrons. The Morgan fingerprint density at radius 3 is 2.57 bits per heavy atom. The summed E-state index contributed by atoms with van der Waals surface area (Å²) in [6.07, 6.45) is 0.874. The van der Waals surface area contributed by atoms with E-state index in [9.17, 15) is 14.0 Å². The van der Waals surface area contributed by atoms with E-state index in [0.29, 0.717) is 18.7 Å². The molecule has 1 atom stereocenters. The number of rotatable bonds is 7. The molecule has 1 rings (SSSR count). The molecule has 0 radical (unpaired) electrons. The van der Waals surface area contributed by atoms with Gasteiger partial charge >= 0.3 is 0 Å². The van der Waals surface area contributed by atoms with Crippen molar-refractivity contribution < 1.29 is 14.0 Å². The van der Waals surface area contributed by atoms with Gasteiger partial charge in [-0.15, -0.1) is 0 Å². The summed E-state index contributed by atoms with van der Waals surface area (Å²) >= 11 is 0. The average molecular weight is 294 g/mol. The van der Waals surface area contributed by atoms with E-state index in [4.69, 9.17) is 0 Å². The van der Waals surface area contributed by atoms with E-state index >= 15 is 0 Å². The molecule has 0 saturated heterocycles. The van der Waals surface area contributed by atoms with E-state index < -0.39 is 0 Å². The molecule has 0 fully saturated rings. The van der Waals surface area contributed by atoms with Crippen LogP contribution in [0.15, 0.2) is 24.3 Å². The summed E-state index contributed by atoms with van der Waals surface area (Å²) < 4.78 is 13.4. The van der Waals surface area contributed by atoms with Crippen LogP contribution in [0.3, 0.4) is 0 Å². The molecule has 2 amide bonds. The first kappa shape index (κ1) is 17.1. The Kier molecular flexibility index (Phi) is 6.85. The Morgan fingerprint density at radius 2 is 2.00 bits per heavy atom. The van der Waals surface area contributed by atoms with Gasteiger partial charge in [-0.25, -0.2) is 4.39 Å². The summed E-state index contributed by atoms with van der Waals surface area (Å²) in [5.74, 6) is -0.627. The topological polar surface area (TPSA) is 49.4 Å². The van der Waals surface area contributed by atoms with Gasteiger partial charge in [0.15, 0.2) is 0 Å². The van der Waals surface area contributed by atoms with Crippen LogP contribution in [0, 0.1) is 5.82 Å². The van der Waals surface area contributed by atoms with Crippen LogP contribution in [0.1, 0.15) is 32.8 Å². The van der Waals surface area contributed by atoms with Crippen molar-refractivity contribution in [1.82, 2.24) is 10.2 Å². The SMILES string of the molecule is CCC(C)N(CCNC(=O)Cc1ccccc1F)C(C)=O. The van der Waals surface area contributed by atoms with Gasteiger partial charge in [0.2, 0.25) is 11.8 Å². The van der Waals surface area contributed by atoms with Gasteiger partial charge in [0, 0.05) is 26.1 Å². The monoisotopic (exact) mass is 294 g/mol. The zero-order chi connectivity index (χ0) is 15.8. The van der Waals surface area contributed by atoms with Crippen LogP contribution in [0.2, 0.25) is 0 Å². The highest BCUT2D eigenvalue weighted by Gasteiger charge is 2.15. The number of amides is 2. The Labute approximate surface area is 125 Å². The molecule has 0 bridgehead atoms. The maximum absolute atomic E-state index is 13.4. The lowest BCUT2D eigenvalue weighted by Crippen LogP contribution is -2.42. The molecule has 5 heteroatoms. The lowest BCUT2D eigenvalue weighted by atomic mass is 10.1.